The Kier molecular flexibility index (Phi) is 4.34. The van der Waals surface area contributed by atoms with Crippen LogP contribution in [-0.2, 0) is 13.1 Å². The molecule has 17 heavy (non-hydrogen) atoms. The SMILES string of the molecule is CCCN(Cc1n[nH]c(=S)n1CC)CC1CC1. The van der Waals surface area contributed by atoms with Crippen LogP contribution in [0.15, 0.2) is 0 Å². The molecule has 1 aromatic rings. The van der Waals surface area contributed by atoms with Gasteiger partial charge in [0.1, 0.15) is 5.82 Å². The molecule has 0 atom stereocenters. The van der Waals surface area contributed by atoms with E-state index in [1.165, 1.54) is 25.8 Å². The molecule has 1 saturated carbocycles. The molecular formula is C12H22N4S. The highest BCUT2D eigenvalue weighted by Crippen LogP contribution is 2.30. The van der Waals surface area contributed by atoms with Gasteiger partial charge in [0.25, 0.3) is 0 Å². The van der Waals surface area contributed by atoms with Crippen LogP contribution in [0.5, 0.6) is 0 Å². The first kappa shape index (κ1) is 12.8. The molecule has 0 spiro atoms. The molecule has 0 aromatic carbocycles. The molecule has 0 aliphatic heterocycles. The molecule has 0 bridgehead atoms. The van der Waals surface area contributed by atoms with Gasteiger partial charge in [-0.1, -0.05) is 6.92 Å². The van der Waals surface area contributed by atoms with Crippen molar-refractivity contribution in [3.05, 3.63) is 10.6 Å². The van der Waals surface area contributed by atoms with Gasteiger partial charge in [0.15, 0.2) is 4.77 Å². The Labute approximate surface area is 108 Å². The second-order valence-electron chi connectivity index (χ2n) is 4.87. The minimum absolute atomic E-state index is 0.741. The van der Waals surface area contributed by atoms with Crippen LogP contribution in [-0.4, -0.2) is 32.8 Å². The monoisotopic (exact) mass is 254 g/mol. The second kappa shape index (κ2) is 5.78. The van der Waals surface area contributed by atoms with Crippen LogP contribution in [0.3, 0.4) is 0 Å². The summed E-state index contributed by atoms with van der Waals surface area (Å²) in [7, 11) is 0. The van der Waals surface area contributed by atoms with E-state index in [0.29, 0.717) is 0 Å². The summed E-state index contributed by atoms with van der Waals surface area (Å²) in [6, 6.07) is 0. The predicted octanol–water partition coefficient (Wildman–Crippen LogP) is 2.58. The Morgan fingerprint density at radius 3 is 2.82 bits per heavy atom. The van der Waals surface area contributed by atoms with Gasteiger partial charge in [-0.2, -0.15) is 5.10 Å². The number of aromatic nitrogens is 3. The van der Waals surface area contributed by atoms with Crippen molar-refractivity contribution in [1.82, 2.24) is 19.7 Å². The highest BCUT2D eigenvalue weighted by atomic mass is 32.1. The predicted molar refractivity (Wildman–Crippen MR) is 71.4 cm³/mol. The number of hydrogen-bond donors (Lipinski definition) is 1. The third-order valence-corrected chi connectivity index (χ3v) is 3.58. The quantitative estimate of drug-likeness (QED) is 0.760. The minimum Gasteiger partial charge on any atom is -0.303 e. The molecule has 0 radical (unpaired) electrons. The molecular weight excluding hydrogens is 232 g/mol. The van der Waals surface area contributed by atoms with E-state index >= 15 is 0 Å². The van der Waals surface area contributed by atoms with Gasteiger partial charge in [0.05, 0.1) is 6.54 Å². The Bertz CT molecular complexity index is 405. The van der Waals surface area contributed by atoms with Crippen LogP contribution in [0.4, 0.5) is 0 Å². The molecule has 1 aliphatic carbocycles. The molecule has 5 heteroatoms. The fraction of sp³-hybridized carbons (Fsp3) is 0.833. The summed E-state index contributed by atoms with van der Waals surface area (Å²) in [6.45, 7) is 8.53. The van der Waals surface area contributed by atoms with Gasteiger partial charge in [-0.25, -0.2) is 0 Å². The van der Waals surface area contributed by atoms with Crippen LogP contribution in [0.25, 0.3) is 0 Å². The Hall–Kier alpha value is -0.680. The Morgan fingerprint density at radius 2 is 2.24 bits per heavy atom. The molecule has 0 amide bonds. The largest absolute Gasteiger partial charge is 0.303 e. The van der Waals surface area contributed by atoms with E-state index in [1.807, 2.05) is 0 Å². The van der Waals surface area contributed by atoms with E-state index in [-0.39, 0.29) is 0 Å². The van der Waals surface area contributed by atoms with Crippen LogP contribution < -0.4 is 0 Å². The lowest BCUT2D eigenvalue weighted by atomic mass is 10.3. The summed E-state index contributed by atoms with van der Waals surface area (Å²) in [5, 5.41) is 7.23. The van der Waals surface area contributed by atoms with Crippen molar-refractivity contribution >= 4 is 12.2 Å². The van der Waals surface area contributed by atoms with E-state index < -0.39 is 0 Å². The normalized spacial score (nSPS) is 15.7. The number of hydrogen-bond acceptors (Lipinski definition) is 3. The third kappa shape index (κ3) is 3.39. The summed E-state index contributed by atoms with van der Waals surface area (Å²) in [5.74, 6) is 2.00. The average molecular weight is 254 g/mol. The lowest BCUT2D eigenvalue weighted by molar-refractivity contribution is 0.245. The van der Waals surface area contributed by atoms with Crippen LogP contribution >= 0.6 is 12.2 Å². The van der Waals surface area contributed by atoms with Crippen molar-refractivity contribution < 1.29 is 0 Å². The summed E-state index contributed by atoms with van der Waals surface area (Å²) in [6.07, 6.45) is 4.01. The van der Waals surface area contributed by atoms with Gasteiger partial charge < -0.3 is 4.57 Å². The van der Waals surface area contributed by atoms with Crippen LogP contribution in [0, 0.1) is 10.7 Å². The molecule has 1 heterocycles. The summed E-state index contributed by atoms with van der Waals surface area (Å²) < 4.78 is 2.83. The Morgan fingerprint density at radius 1 is 1.47 bits per heavy atom. The van der Waals surface area contributed by atoms with Crippen molar-refractivity contribution in [2.45, 2.75) is 46.2 Å². The highest BCUT2D eigenvalue weighted by molar-refractivity contribution is 7.71. The number of nitrogens with one attached hydrogen (secondary N) is 1. The molecule has 1 aromatic heterocycles. The topological polar surface area (TPSA) is 36.9 Å². The maximum absolute atomic E-state index is 5.22. The molecule has 1 fully saturated rings. The van der Waals surface area contributed by atoms with E-state index in [1.54, 1.807) is 0 Å². The molecule has 0 unspecified atom stereocenters. The standard InChI is InChI=1S/C12H22N4S/c1-3-7-15(8-10-5-6-10)9-11-13-14-12(17)16(11)4-2/h10H,3-9H2,1-2H3,(H,14,17). The van der Waals surface area contributed by atoms with E-state index in [4.69, 9.17) is 12.2 Å². The first-order valence-corrected chi connectivity index (χ1v) is 7.01. The van der Waals surface area contributed by atoms with Gasteiger partial charge in [-0.3, -0.25) is 10.00 Å². The van der Waals surface area contributed by atoms with Crippen LogP contribution in [0.2, 0.25) is 0 Å². The van der Waals surface area contributed by atoms with Gasteiger partial charge in [0.2, 0.25) is 0 Å². The van der Waals surface area contributed by atoms with Crippen molar-refractivity contribution in [1.29, 1.82) is 0 Å². The highest BCUT2D eigenvalue weighted by Gasteiger charge is 2.24. The van der Waals surface area contributed by atoms with Gasteiger partial charge >= 0.3 is 0 Å². The molecule has 1 aliphatic rings. The Balaban J connectivity index is 2.01. The maximum atomic E-state index is 5.22. The zero-order valence-electron chi connectivity index (χ0n) is 10.8. The van der Waals surface area contributed by atoms with Crippen molar-refractivity contribution in [3.8, 4) is 0 Å². The van der Waals surface area contributed by atoms with Crippen molar-refractivity contribution in [3.63, 3.8) is 0 Å². The van der Waals surface area contributed by atoms with Crippen LogP contribution in [0.1, 0.15) is 38.9 Å². The number of aromatic amines is 1. The molecule has 2 rings (SSSR count). The zero-order chi connectivity index (χ0) is 12.3. The second-order valence-corrected chi connectivity index (χ2v) is 5.25. The minimum atomic E-state index is 0.741. The smallest absolute Gasteiger partial charge is 0.195 e. The first-order valence-electron chi connectivity index (χ1n) is 6.61. The fourth-order valence-electron chi connectivity index (χ4n) is 2.21. The van der Waals surface area contributed by atoms with Gasteiger partial charge in [-0.05, 0) is 50.9 Å². The molecule has 0 saturated heterocycles. The maximum Gasteiger partial charge on any atom is 0.195 e. The summed E-state index contributed by atoms with van der Waals surface area (Å²) in [4.78, 5) is 2.51. The molecule has 1 N–H and O–H groups in total. The van der Waals surface area contributed by atoms with Gasteiger partial charge in [0, 0.05) is 13.1 Å². The number of H-pyrrole nitrogens is 1. The first-order chi connectivity index (χ1) is 8.24. The third-order valence-electron chi connectivity index (χ3n) is 3.27. The van der Waals surface area contributed by atoms with Crippen molar-refractivity contribution in [2.24, 2.45) is 5.92 Å². The summed E-state index contributed by atoms with van der Waals surface area (Å²) in [5.41, 5.74) is 0. The van der Waals surface area contributed by atoms with E-state index in [2.05, 4.69) is 33.5 Å². The van der Waals surface area contributed by atoms with E-state index in [0.717, 1.165) is 36.1 Å². The number of rotatable bonds is 7. The lowest BCUT2D eigenvalue weighted by Gasteiger charge is -2.21. The zero-order valence-corrected chi connectivity index (χ0v) is 11.6. The molecule has 96 valence electrons. The van der Waals surface area contributed by atoms with Crippen molar-refractivity contribution in [2.75, 3.05) is 13.1 Å². The van der Waals surface area contributed by atoms with Gasteiger partial charge in [-0.15, -0.1) is 0 Å². The lowest BCUT2D eigenvalue weighted by Crippen LogP contribution is -2.28. The fourth-order valence-corrected chi connectivity index (χ4v) is 2.49. The summed E-state index contributed by atoms with van der Waals surface area (Å²) >= 11 is 5.22. The average Bonchev–Trinajstić information content (AvgIpc) is 3.04. The number of nitrogens with zero attached hydrogens (tertiary/aromatic N) is 3. The molecule has 4 nitrogen and oxygen atoms in total. The van der Waals surface area contributed by atoms with E-state index in [9.17, 15) is 0 Å².